The van der Waals surface area contributed by atoms with Gasteiger partial charge in [0.15, 0.2) is 0 Å². The topological polar surface area (TPSA) is 27.7 Å². The lowest BCUT2D eigenvalue weighted by atomic mass is 9.40. The van der Waals surface area contributed by atoms with Crippen LogP contribution >= 0.6 is 0 Å². The molecule has 1 aliphatic heterocycles. The molecule has 0 bridgehead atoms. The van der Waals surface area contributed by atoms with Gasteiger partial charge in [0.25, 0.3) is 0 Å². The van der Waals surface area contributed by atoms with Crippen molar-refractivity contribution in [1.82, 2.24) is 0 Å². The van der Waals surface area contributed by atoms with Gasteiger partial charge in [-0.25, -0.2) is 0 Å². The van der Waals surface area contributed by atoms with Crippen molar-refractivity contribution in [2.75, 3.05) is 0 Å². The first kappa shape index (κ1) is 38.2. The second-order valence-electron chi connectivity index (χ2n) is 15.3. The van der Waals surface area contributed by atoms with E-state index in [9.17, 15) is 0 Å². The fourth-order valence-corrected chi connectivity index (χ4v) is 19.3. The lowest BCUT2D eigenvalue weighted by Gasteiger charge is -2.66. The van der Waals surface area contributed by atoms with E-state index >= 15 is 0 Å². The van der Waals surface area contributed by atoms with Gasteiger partial charge in [0.2, 0.25) is 0 Å². The molecule has 1 heterocycles. The zero-order chi connectivity index (χ0) is 40.2. The Labute approximate surface area is 358 Å². The van der Waals surface area contributed by atoms with Gasteiger partial charge in [-0.15, -0.1) is 0 Å². The predicted molar refractivity (Wildman–Crippen MR) is 246 cm³/mol. The van der Waals surface area contributed by atoms with Crippen molar-refractivity contribution >= 4 is 38.2 Å². The number of hydrogen-bond donors (Lipinski definition) is 0. The molecule has 8 aromatic carbocycles. The molecule has 8 aromatic rings. The Kier molecular flexibility index (Phi) is 10.6. The molecule has 6 heteroatoms. The van der Waals surface area contributed by atoms with Crippen LogP contribution in [0.25, 0.3) is 0 Å². The first-order valence-electron chi connectivity index (χ1n) is 20.5. The summed E-state index contributed by atoms with van der Waals surface area (Å²) in [6.07, 6.45) is 5.01. The van der Waals surface area contributed by atoms with E-state index in [4.69, 9.17) is 12.3 Å². The maximum Gasteiger partial charge on any atom is 0.404 e. The van der Waals surface area contributed by atoms with Crippen molar-refractivity contribution in [3.8, 4) is 0 Å². The molecule has 1 aliphatic carbocycles. The minimum atomic E-state index is -2.46. The van der Waals surface area contributed by atoms with E-state index in [2.05, 4.69) is 255 Å². The van der Waals surface area contributed by atoms with Crippen LogP contribution in [0.3, 0.4) is 0 Å². The highest BCUT2D eigenvalue weighted by atomic mass is 28.5. The maximum absolute atomic E-state index is 7.76. The summed E-state index contributed by atoms with van der Waals surface area (Å²) < 4.78 is 22.6. The Hall–Kier alpha value is -5.97. The SMILES string of the molecule is C1=CC(c2ccccc2)([Si]2O[Si](c3ccccc3)O[Si](c3ccccc3)O2)C(c2ccccc2)(c2ccccc2)C(c2ccccc2)(c2ccccc2)C1c1ccccc1. The average molecular weight is 824 g/mol. The fourth-order valence-electron chi connectivity index (χ4n) is 10.1. The summed E-state index contributed by atoms with van der Waals surface area (Å²) >= 11 is 0. The Morgan fingerprint density at radius 2 is 0.667 bits per heavy atom. The summed E-state index contributed by atoms with van der Waals surface area (Å²) in [4.78, 5) is 0. The zero-order valence-corrected chi connectivity index (χ0v) is 36.1. The highest BCUT2D eigenvalue weighted by Gasteiger charge is 2.74. The van der Waals surface area contributed by atoms with E-state index in [1.54, 1.807) is 0 Å². The maximum atomic E-state index is 7.76. The van der Waals surface area contributed by atoms with Gasteiger partial charge >= 0.3 is 27.9 Å². The molecular formula is C54H43O3Si3. The van der Waals surface area contributed by atoms with Crippen molar-refractivity contribution in [3.05, 3.63) is 288 Å². The Morgan fingerprint density at radius 1 is 0.333 bits per heavy atom. The molecule has 60 heavy (non-hydrogen) atoms. The van der Waals surface area contributed by atoms with Gasteiger partial charge in [0.1, 0.15) is 0 Å². The summed E-state index contributed by atoms with van der Waals surface area (Å²) in [5, 5.41) is 1.22. The third kappa shape index (κ3) is 6.18. The number of rotatable bonds is 9. The number of benzene rings is 8. The third-order valence-corrected chi connectivity index (χ3v) is 19.9. The van der Waals surface area contributed by atoms with Crippen LogP contribution < -0.4 is 10.4 Å². The van der Waals surface area contributed by atoms with Crippen molar-refractivity contribution in [2.24, 2.45) is 0 Å². The van der Waals surface area contributed by atoms with Crippen LogP contribution in [0, 0.1) is 0 Å². The first-order valence-corrected chi connectivity index (χ1v) is 24.5. The van der Waals surface area contributed by atoms with Gasteiger partial charge in [-0.05, 0) is 43.8 Å². The highest BCUT2D eigenvalue weighted by Crippen LogP contribution is 2.70. The molecule has 1 saturated heterocycles. The van der Waals surface area contributed by atoms with Crippen molar-refractivity contribution in [2.45, 2.75) is 21.8 Å². The average Bonchev–Trinajstić information content (AvgIpc) is 3.35. The van der Waals surface area contributed by atoms with Crippen LogP contribution in [0.15, 0.2) is 255 Å². The second-order valence-corrected chi connectivity index (χ2v) is 21.5. The van der Waals surface area contributed by atoms with E-state index in [-0.39, 0.29) is 5.92 Å². The summed E-state index contributed by atoms with van der Waals surface area (Å²) in [5.41, 5.74) is 5.42. The number of hydrogen-bond acceptors (Lipinski definition) is 3. The Morgan fingerprint density at radius 3 is 1.07 bits per heavy atom. The van der Waals surface area contributed by atoms with Crippen LogP contribution in [0.2, 0.25) is 0 Å². The lowest BCUT2D eigenvalue weighted by molar-refractivity contribution is 0.174. The summed E-state index contributed by atoms with van der Waals surface area (Å²) in [5.74, 6) is -0.138. The molecule has 0 aromatic heterocycles. The van der Waals surface area contributed by atoms with Crippen molar-refractivity contribution in [3.63, 3.8) is 0 Å². The third-order valence-electron chi connectivity index (χ3n) is 12.3. The molecule has 2 unspecified atom stereocenters. The van der Waals surface area contributed by atoms with Crippen molar-refractivity contribution in [1.29, 1.82) is 0 Å². The quantitative estimate of drug-likeness (QED) is 0.107. The molecule has 289 valence electrons. The predicted octanol–water partition coefficient (Wildman–Crippen LogP) is 10.1. The van der Waals surface area contributed by atoms with Crippen LogP contribution in [0.5, 0.6) is 0 Å². The lowest BCUT2D eigenvalue weighted by Crippen LogP contribution is -2.74. The fraction of sp³-hybridized carbons (Fsp3) is 0.0741. The molecule has 2 aliphatic rings. The largest absolute Gasteiger partial charge is 0.409 e. The van der Waals surface area contributed by atoms with Crippen LogP contribution in [0.4, 0.5) is 0 Å². The molecule has 0 N–H and O–H groups in total. The van der Waals surface area contributed by atoms with Gasteiger partial charge in [-0.1, -0.05) is 255 Å². The van der Waals surface area contributed by atoms with E-state index in [1.807, 2.05) is 0 Å². The molecule has 0 amide bonds. The minimum absolute atomic E-state index is 0.138. The summed E-state index contributed by atoms with van der Waals surface area (Å²) in [7, 11) is -6.61. The molecule has 10 rings (SSSR count). The standard InChI is InChI=1S/C54H43O3Si3/c1-9-25-43(26-10-1)51-41-42-52(44-27-11-2-12-28-44,60-56-58(49-37-21-7-22-38-49)55-59(57-60)50-39-23-8-24-40-50)54(47-33-17-5-18-34-47,48-35-19-6-20-36-48)53(51,45-29-13-3-14-30-45)46-31-15-4-16-32-46/h1-42,51H. The van der Waals surface area contributed by atoms with E-state index in [0.29, 0.717) is 0 Å². The normalized spacial score (nSPS) is 20.4. The molecule has 2 atom stereocenters. The van der Waals surface area contributed by atoms with Gasteiger partial charge in [-0.2, -0.15) is 0 Å². The Bertz CT molecular complexity index is 2510. The molecular weight excluding hydrogens is 781 g/mol. The molecule has 3 nitrogen and oxygen atoms in total. The van der Waals surface area contributed by atoms with Crippen LogP contribution in [0.1, 0.15) is 39.3 Å². The Balaban J connectivity index is 1.43. The molecule has 1 fully saturated rings. The molecule has 0 saturated carbocycles. The molecule has 3 radical (unpaired) electrons. The van der Waals surface area contributed by atoms with Gasteiger partial charge in [0, 0.05) is 16.7 Å². The van der Waals surface area contributed by atoms with Crippen molar-refractivity contribution < 1.29 is 12.3 Å². The number of allylic oxidation sites excluding steroid dienone is 2. The van der Waals surface area contributed by atoms with Gasteiger partial charge < -0.3 is 12.3 Å². The highest BCUT2D eigenvalue weighted by molar-refractivity contribution is 6.84. The van der Waals surface area contributed by atoms with Crippen LogP contribution in [-0.2, 0) is 28.2 Å². The summed E-state index contributed by atoms with van der Waals surface area (Å²) in [6.45, 7) is 0. The smallest absolute Gasteiger partial charge is 0.404 e. The van der Waals surface area contributed by atoms with E-state index < -0.39 is 43.7 Å². The second kappa shape index (κ2) is 16.6. The summed E-state index contributed by atoms with van der Waals surface area (Å²) in [6, 6.07) is 88.2. The van der Waals surface area contributed by atoms with Gasteiger partial charge in [0.05, 0.1) is 5.04 Å². The zero-order valence-electron chi connectivity index (χ0n) is 33.1. The van der Waals surface area contributed by atoms with Gasteiger partial charge in [-0.3, -0.25) is 0 Å². The molecule has 0 spiro atoms. The minimum Gasteiger partial charge on any atom is -0.409 e. The van der Waals surface area contributed by atoms with Crippen LogP contribution in [-0.4, -0.2) is 27.9 Å². The van der Waals surface area contributed by atoms with E-state index in [0.717, 1.165) is 15.9 Å². The van der Waals surface area contributed by atoms with E-state index in [1.165, 1.54) is 27.8 Å². The first-order chi connectivity index (χ1) is 29.8. The monoisotopic (exact) mass is 823 g/mol.